The minimum absolute atomic E-state index is 0.395. The Labute approximate surface area is 79.7 Å². The number of alkyl halides is 2. The van der Waals surface area contributed by atoms with Gasteiger partial charge in [-0.05, 0) is 13.8 Å². The van der Waals surface area contributed by atoms with Crippen LogP contribution in [0.25, 0.3) is 0 Å². The molecule has 0 aromatic rings. The molecule has 13 heavy (non-hydrogen) atoms. The van der Waals surface area contributed by atoms with E-state index in [-0.39, 0.29) is 0 Å². The summed E-state index contributed by atoms with van der Waals surface area (Å²) in [6.45, 7) is 3.08. The first-order valence-electron chi connectivity index (χ1n) is 3.68. The number of carboxylic acid groups (broad SMARTS) is 1. The molecule has 0 spiro atoms. The van der Waals surface area contributed by atoms with Crippen LogP contribution in [0.5, 0.6) is 0 Å². The summed E-state index contributed by atoms with van der Waals surface area (Å²) in [5.41, 5.74) is 5.32. The van der Waals surface area contributed by atoms with Gasteiger partial charge in [0.15, 0.2) is 0 Å². The number of halogens is 2. The van der Waals surface area contributed by atoms with Gasteiger partial charge >= 0.3 is 5.97 Å². The summed E-state index contributed by atoms with van der Waals surface area (Å²) in [7, 11) is 0. The lowest BCUT2D eigenvalue weighted by Crippen LogP contribution is -2.47. The van der Waals surface area contributed by atoms with Crippen LogP contribution in [0.4, 0.5) is 8.78 Å². The topological polar surface area (TPSA) is 63.3 Å². The molecule has 6 heteroatoms. The number of rotatable bonds is 5. The Bertz CT molecular complexity index is 187. The number of nitrogens with two attached hydrogens (primary N) is 1. The summed E-state index contributed by atoms with van der Waals surface area (Å²) in [6.07, 6.45) is -2.44. The molecule has 0 aliphatic rings. The lowest BCUT2D eigenvalue weighted by Gasteiger charge is -2.27. The normalized spacial score (nSPS) is 14.6. The fourth-order valence-electron chi connectivity index (χ4n) is 0.665. The first-order chi connectivity index (χ1) is 5.77. The number of carbonyl (C=O) groups is 1. The predicted octanol–water partition coefficient (Wildman–Crippen LogP) is 1.18. The quantitative estimate of drug-likeness (QED) is 0.719. The molecule has 0 bridgehead atoms. The van der Waals surface area contributed by atoms with Crippen molar-refractivity contribution in [2.45, 2.75) is 31.1 Å². The molecule has 0 fully saturated rings. The Kier molecular flexibility index (Phi) is 4.63. The van der Waals surface area contributed by atoms with E-state index in [0.29, 0.717) is 0 Å². The van der Waals surface area contributed by atoms with Crippen LogP contribution in [0, 0.1) is 0 Å². The fraction of sp³-hybridized carbons (Fsp3) is 0.857. The van der Waals surface area contributed by atoms with Gasteiger partial charge in [0.1, 0.15) is 6.04 Å². The number of hydrogen-bond acceptors (Lipinski definition) is 3. The average molecular weight is 213 g/mol. The van der Waals surface area contributed by atoms with Crippen LogP contribution in [0.15, 0.2) is 0 Å². The minimum atomic E-state index is -2.44. The van der Waals surface area contributed by atoms with Gasteiger partial charge in [-0.2, -0.15) is 0 Å². The maximum absolute atomic E-state index is 11.8. The predicted molar refractivity (Wildman–Crippen MR) is 48.2 cm³/mol. The molecule has 0 heterocycles. The molecule has 0 radical (unpaired) electrons. The molecule has 0 saturated heterocycles. The Morgan fingerprint density at radius 2 is 2.08 bits per heavy atom. The van der Waals surface area contributed by atoms with Crippen molar-refractivity contribution in [3.63, 3.8) is 0 Å². The second kappa shape index (κ2) is 4.76. The molecule has 1 atom stereocenters. The number of aliphatic carboxylic acids is 1. The van der Waals surface area contributed by atoms with Gasteiger partial charge in [0.05, 0.1) is 5.75 Å². The molecule has 3 N–H and O–H groups in total. The van der Waals surface area contributed by atoms with Crippen molar-refractivity contribution >= 4 is 17.7 Å². The standard InChI is InChI=1S/C7H13F2NO2S/c1-7(2,5(10)6(11)12)13-3-4(8)9/h4-5H,3,10H2,1-2H3,(H,11,12)/t5-/m0/s1. The molecule has 0 saturated carbocycles. The molecule has 0 aromatic heterocycles. The van der Waals surface area contributed by atoms with Crippen LogP contribution >= 0.6 is 11.8 Å². The Hall–Kier alpha value is -0.360. The Balaban J connectivity index is 4.13. The molecule has 78 valence electrons. The summed E-state index contributed by atoms with van der Waals surface area (Å²) in [4.78, 5) is 10.5. The molecular formula is C7H13F2NO2S. The fourth-order valence-corrected chi connectivity index (χ4v) is 1.50. The van der Waals surface area contributed by atoms with Crippen molar-refractivity contribution in [3.8, 4) is 0 Å². The molecule has 0 aromatic carbocycles. The summed E-state index contributed by atoms with van der Waals surface area (Å²) in [6, 6.07) is -1.13. The first kappa shape index (κ1) is 12.6. The molecule has 0 amide bonds. The van der Waals surface area contributed by atoms with Gasteiger partial charge in [-0.25, -0.2) is 8.78 Å². The minimum Gasteiger partial charge on any atom is -0.480 e. The molecule has 0 aliphatic heterocycles. The van der Waals surface area contributed by atoms with E-state index in [1.165, 1.54) is 0 Å². The van der Waals surface area contributed by atoms with Gasteiger partial charge in [0.25, 0.3) is 0 Å². The van der Waals surface area contributed by atoms with Gasteiger partial charge in [-0.1, -0.05) is 0 Å². The molecule has 3 nitrogen and oxygen atoms in total. The number of carboxylic acids is 1. The van der Waals surface area contributed by atoms with Crippen molar-refractivity contribution in [3.05, 3.63) is 0 Å². The van der Waals surface area contributed by atoms with Crippen LogP contribution in [0.2, 0.25) is 0 Å². The van der Waals surface area contributed by atoms with E-state index in [1.807, 2.05) is 0 Å². The second-order valence-corrected chi connectivity index (χ2v) is 4.80. The van der Waals surface area contributed by atoms with E-state index >= 15 is 0 Å². The van der Waals surface area contributed by atoms with Crippen molar-refractivity contribution in [1.82, 2.24) is 0 Å². The summed E-state index contributed by atoms with van der Waals surface area (Å²) in [5.74, 6) is -1.57. The summed E-state index contributed by atoms with van der Waals surface area (Å²) < 4.78 is 22.8. The molecular weight excluding hydrogens is 200 g/mol. The van der Waals surface area contributed by atoms with E-state index in [9.17, 15) is 13.6 Å². The summed E-state index contributed by atoms with van der Waals surface area (Å²) in [5, 5.41) is 8.56. The van der Waals surface area contributed by atoms with E-state index < -0.39 is 28.9 Å². The zero-order valence-electron chi connectivity index (χ0n) is 7.46. The zero-order chi connectivity index (χ0) is 10.6. The van der Waals surface area contributed by atoms with Crippen molar-refractivity contribution in [1.29, 1.82) is 0 Å². The Morgan fingerprint density at radius 3 is 2.38 bits per heavy atom. The maximum atomic E-state index is 11.8. The first-order valence-corrected chi connectivity index (χ1v) is 4.66. The molecule has 0 unspecified atom stereocenters. The second-order valence-electron chi connectivity index (χ2n) is 3.12. The third-order valence-electron chi connectivity index (χ3n) is 1.60. The lowest BCUT2D eigenvalue weighted by molar-refractivity contribution is -0.139. The van der Waals surface area contributed by atoms with Gasteiger partial charge in [-0.15, -0.1) is 11.8 Å². The SMILES string of the molecule is CC(C)(SCC(F)F)[C@@H](N)C(=O)O. The monoisotopic (exact) mass is 213 g/mol. The lowest BCUT2D eigenvalue weighted by atomic mass is 10.1. The van der Waals surface area contributed by atoms with Crippen LogP contribution in [-0.4, -0.2) is 34.0 Å². The molecule has 0 rings (SSSR count). The third kappa shape index (κ3) is 4.42. The smallest absolute Gasteiger partial charge is 0.321 e. The van der Waals surface area contributed by atoms with E-state index in [2.05, 4.69) is 0 Å². The van der Waals surface area contributed by atoms with Crippen molar-refractivity contribution in [2.75, 3.05) is 5.75 Å². The van der Waals surface area contributed by atoms with Crippen LogP contribution in [0.3, 0.4) is 0 Å². The number of thioether (sulfide) groups is 1. The zero-order valence-corrected chi connectivity index (χ0v) is 8.28. The third-order valence-corrected chi connectivity index (χ3v) is 3.01. The highest BCUT2D eigenvalue weighted by molar-refractivity contribution is 8.00. The van der Waals surface area contributed by atoms with Crippen LogP contribution < -0.4 is 5.73 Å². The average Bonchev–Trinajstić information content (AvgIpc) is 1.99. The number of hydrogen-bond donors (Lipinski definition) is 2. The van der Waals surface area contributed by atoms with Gasteiger partial charge in [0.2, 0.25) is 6.43 Å². The van der Waals surface area contributed by atoms with E-state index in [4.69, 9.17) is 10.8 Å². The van der Waals surface area contributed by atoms with E-state index in [0.717, 1.165) is 11.8 Å². The van der Waals surface area contributed by atoms with E-state index in [1.54, 1.807) is 13.8 Å². The van der Waals surface area contributed by atoms with Crippen LogP contribution in [-0.2, 0) is 4.79 Å². The van der Waals surface area contributed by atoms with Crippen molar-refractivity contribution in [2.24, 2.45) is 5.73 Å². The van der Waals surface area contributed by atoms with Gasteiger partial charge in [-0.3, -0.25) is 4.79 Å². The highest BCUT2D eigenvalue weighted by atomic mass is 32.2. The summed E-state index contributed by atoms with van der Waals surface area (Å²) >= 11 is 0.867. The maximum Gasteiger partial charge on any atom is 0.321 e. The highest BCUT2D eigenvalue weighted by Gasteiger charge is 2.33. The van der Waals surface area contributed by atoms with Crippen LogP contribution in [0.1, 0.15) is 13.8 Å². The Morgan fingerprint density at radius 1 is 1.62 bits per heavy atom. The van der Waals surface area contributed by atoms with Crippen molar-refractivity contribution < 1.29 is 18.7 Å². The highest BCUT2D eigenvalue weighted by Crippen LogP contribution is 2.28. The largest absolute Gasteiger partial charge is 0.480 e. The van der Waals surface area contributed by atoms with Gasteiger partial charge in [0, 0.05) is 4.75 Å². The molecule has 0 aliphatic carbocycles. The van der Waals surface area contributed by atoms with Gasteiger partial charge < -0.3 is 10.8 Å².